The molecular weight excluding hydrogens is 364 g/mol. The molecule has 0 saturated heterocycles. The van der Waals surface area contributed by atoms with E-state index in [1.807, 2.05) is 19.1 Å². The quantitative estimate of drug-likeness (QED) is 0.524. The first-order valence-corrected chi connectivity index (χ1v) is 8.54. The van der Waals surface area contributed by atoms with Gasteiger partial charge in [0.15, 0.2) is 11.6 Å². The predicted octanol–water partition coefficient (Wildman–Crippen LogP) is 4.35. The Hall–Kier alpha value is -3.61. The van der Waals surface area contributed by atoms with Gasteiger partial charge < -0.3 is 9.72 Å². The van der Waals surface area contributed by atoms with Crippen LogP contribution in [0.4, 0.5) is 8.78 Å². The molecule has 3 heterocycles. The number of benzene rings is 1. The largest absolute Gasteiger partial charge is 0.484 e. The summed E-state index contributed by atoms with van der Waals surface area (Å²) in [6.45, 7) is 1.82. The van der Waals surface area contributed by atoms with Crippen LogP contribution in [0.25, 0.3) is 11.0 Å². The lowest BCUT2D eigenvalue weighted by molar-refractivity contribution is 0.103. The summed E-state index contributed by atoms with van der Waals surface area (Å²) in [6, 6.07) is 10.9. The SMILES string of the molecule is Cc1cccc(COc2ccc(F)c(C(=O)c3c[nH]c4ncccc34)c2F)n1. The standard InChI is InChI=1S/C21H15F2N3O2/c1-12-4-2-5-13(26-12)11-28-17-8-7-16(22)18(19(17)23)20(27)15-10-25-21-14(15)6-3-9-24-21/h2-10H,11H2,1H3,(H,24,25). The number of aromatic nitrogens is 3. The number of hydrogen-bond acceptors (Lipinski definition) is 4. The first kappa shape index (κ1) is 17.8. The summed E-state index contributed by atoms with van der Waals surface area (Å²) in [5.74, 6) is -3.00. The van der Waals surface area contributed by atoms with Crippen LogP contribution in [0.3, 0.4) is 0 Å². The fraction of sp³-hybridized carbons (Fsp3) is 0.0952. The topological polar surface area (TPSA) is 67.9 Å². The van der Waals surface area contributed by atoms with Crippen LogP contribution < -0.4 is 4.74 Å². The summed E-state index contributed by atoms with van der Waals surface area (Å²) >= 11 is 0. The molecule has 5 nitrogen and oxygen atoms in total. The number of ether oxygens (including phenoxy) is 1. The molecule has 4 rings (SSSR count). The minimum atomic E-state index is -1.05. The molecule has 4 aromatic rings. The number of carbonyl (C=O) groups excluding carboxylic acids is 1. The number of nitrogens with zero attached hydrogens (tertiary/aromatic N) is 2. The van der Waals surface area contributed by atoms with E-state index in [-0.39, 0.29) is 17.9 Å². The molecule has 1 N–H and O–H groups in total. The second-order valence-corrected chi connectivity index (χ2v) is 6.22. The number of hydrogen-bond donors (Lipinski definition) is 1. The van der Waals surface area contributed by atoms with Crippen molar-refractivity contribution in [2.45, 2.75) is 13.5 Å². The molecule has 0 fully saturated rings. The number of aromatic amines is 1. The monoisotopic (exact) mass is 379 g/mol. The summed E-state index contributed by atoms with van der Waals surface area (Å²) in [5, 5.41) is 0.488. The van der Waals surface area contributed by atoms with Gasteiger partial charge >= 0.3 is 0 Å². The Labute approximate surface area is 159 Å². The van der Waals surface area contributed by atoms with Gasteiger partial charge in [-0.25, -0.2) is 13.8 Å². The third-order valence-electron chi connectivity index (χ3n) is 4.30. The zero-order valence-corrected chi connectivity index (χ0v) is 14.9. The molecule has 0 unspecified atom stereocenters. The fourth-order valence-electron chi connectivity index (χ4n) is 2.96. The van der Waals surface area contributed by atoms with Crippen molar-refractivity contribution >= 4 is 16.8 Å². The van der Waals surface area contributed by atoms with Crippen molar-refractivity contribution in [2.75, 3.05) is 0 Å². The zero-order chi connectivity index (χ0) is 19.7. The molecule has 0 radical (unpaired) electrons. The normalized spacial score (nSPS) is 11.0. The van der Waals surface area contributed by atoms with Gasteiger partial charge in [-0.3, -0.25) is 9.78 Å². The highest BCUT2D eigenvalue weighted by atomic mass is 19.1. The molecule has 28 heavy (non-hydrogen) atoms. The van der Waals surface area contributed by atoms with Crippen molar-refractivity contribution in [3.63, 3.8) is 0 Å². The summed E-state index contributed by atoms with van der Waals surface area (Å²) in [4.78, 5) is 24.0. The lowest BCUT2D eigenvalue weighted by atomic mass is 10.0. The fourth-order valence-corrected chi connectivity index (χ4v) is 2.96. The number of H-pyrrole nitrogens is 1. The van der Waals surface area contributed by atoms with Gasteiger partial charge in [-0.15, -0.1) is 0 Å². The van der Waals surface area contributed by atoms with Crippen LogP contribution in [-0.4, -0.2) is 20.7 Å². The summed E-state index contributed by atoms with van der Waals surface area (Å²) in [5.41, 5.74) is 1.33. The molecule has 0 bridgehead atoms. The lowest BCUT2D eigenvalue weighted by Crippen LogP contribution is -2.09. The van der Waals surface area contributed by atoms with Gasteiger partial charge in [0.05, 0.1) is 11.3 Å². The Morgan fingerprint density at radius 1 is 1.14 bits per heavy atom. The van der Waals surface area contributed by atoms with Crippen LogP contribution in [0.2, 0.25) is 0 Å². The van der Waals surface area contributed by atoms with E-state index in [0.717, 1.165) is 17.8 Å². The first-order chi connectivity index (χ1) is 13.5. The summed E-state index contributed by atoms with van der Waals surface area (Å²) in [6.07, 6.45) is 2.95. The van der Waals surface area contributed by atoms with Gasteiger partial charge in [0.2, 0.25) is 5.78 Å². The Morgan fingerprint density at radius 3 is 2.82 bits per heavy atom. The highest BCUT2D eigenvalue weighted by Crippen LogP contribution is 2.28. The highest BCUT2D eigenvalue weighted by molar-refractivity contribution is 6.16. The van der Waals surface area contributed by atoms with Crippen molar-refractivity contribution in [2.24, 2.45) is 0 Å². The van der Waals surface area contributed by atoms with E-state index >= 15 is 0 Å². The van der Waals surface area contributed by atoms with Gasteiger partial charge in [0.25, 0.3) is 0 Å². The van der Waals surface area contributed by atoms with Crippen molar-refractivity contribution in [1.82, 2.24) is 15.0 Å². The maximum Gasteiger partial charge on any atom is 0.201 e. The Bertz CT molecular complexity index is 1190. The van der Waals surface area contributed by atoms with Crippen molar-refractivity contribution in [3.8, 4) is 5.75 Å². The summed E-state index contributed by atoms with van der Waals surface area (Å²) < 4.78 is 34.7. The van der Waals surface area contributed by atoms with E-state index in [9.17, 15) is 13.6 Å². The Balaban J connectivity index is 1.67. The molecule has 7 heteroatoms. The van der Waals surface area contributed by atoms with E-state index in [2.05, 4.69) is 15.0 Å². The minimum absolute atomic E-state index is 0.00509. The molecule has 0 amide bonds. The number of fused-ring (bicyclic) bond motifs is 1. The van der Waals surface area contributed by atoms with Crippen LogP contribution >= 0.6 is 0 Å². The van der Waals surface area contributed by atoms with Gasteiger partial charge in [0, 0.05) is 29.0 Å². The smallest absolute Gasteiger partial charge is 0.201 e. The minimum Gasteiger partial charge on any atom is -0.484 e. The third-order valence-corrected chi connectivity index (χ3v) is 4.30. The predicted molar refractivity (Wildman–Crippen MR) is 99.2 cm³/mol. The van der Waals surface area contributed by atoms with Gasteiger partial charge in [0.1, 0.15) is 18.1 Å². The number of rotatable bonds is 5. The van der Waals surface area contributed by atoms with Gasteiger partial charge in [-0.05, 0) is 43.3 Å². The molecule has 0 aliphatic heterocycles. The average Bonchev–Trinajstić information content (AvgIpc) is 3.11. The van der Waals surface area contributed by atoms with E-state index in [1.165, 1.54) is 6.20 Å². The van der Waals surface area contributed by atoms with E-state index in [0.29, 0.717) is 16.7 Å². The number of aryl methyl sites for hydroxylation is 1. The Morgan fingerprint density at radius 2 is 2.00 bits per heavy atom. The number of pyridine rings is 2. The zero-order valence-electron chi connectivity index (χ0n) is 14.9. The second-order valence-electron chi connectivity index (χ2n) is 6.22. The van der Waals surface area contributed by atoms with Gasteiger partial charge in [-0.2, -0.15) is 0 Å². The maximum atomic E-state index is 14.9. The maximum absolute atomic E-state index is 14.9. The molecule has 0 spiro atoms. The van der Waals surface area contributed by atoms with Crippen molar-refractivity contribution in [1.29, 1.82) is 0 Å². The van der Waals surface area contributed by atoms with E-state index in [4.69, 9.17) is 4.74 Å². The third kappa shape index (κ3) is 3.22. The van der Waals surface area contributed by atoms with E-state index < -0.39 is 23.0 Å². The number of halogens is 2. The number of ketones is 1. The molecule has 0 aliphatic rings. The highest BCUT2D eigenvalue weighted by Gasteiger charge is 2.25. The van der Waals surface area contributed by atoms with Gasteiger partial charge in [-0.1, -0.05) is 6.07 Å². The summed E-state index contributed by atoms with van der Waals surface area (Å²) in [7, 11) is 0. The number of carbonyl (C=O) groups is 1. The molecule has 1 aromatic carbocycles. The van der Waals surface area contributed by atoms with Crippen LogP contribution in [0.1, 0.15) is 27.3 Å². The first-order valence-electron chi connectivity index (χ1n) is 8.54. The van der Waals surface area contributed by atoms with Crippen LogP contribution in [-0.2, 0) is 6.61 Å². The molecule has 0 aliphatic carbocycles. The van der Waals surface area contributed by atoms with Crippen molar-refractivity contribution in [3.05, 3.63) is 89.0 Å². The van der Waals surface area contributed by atoms with E-state index in [1.54, 1.807) is 24.4 Å². The van der Waals surface area contributed by atoms with Crippen LogP contribution in [0.5, 0.6) is 5.75 Å². The van der Waals surface area contributed by atoms with Crippen molar-refractivity contribution < 1.29 is 18.3 Å². The molecular formula is C21H15F2N3O2. The van der Waals surface area contributed by atoms with Crippen LogP contribution in [0.15, 0.2) is 54.9 Å². The Kier molecular flexibility index (Phi) is 4.57. The average molecular weight is 379 g/mol. The molecule has 3 aromatic heterocycles. The second kappa shape index (κ2) is 7.19. The van der Waals surface area contributed by atoms with Crippen LogP contribution in [0, 0.1) is 18.6 Å². The molecule has 140 valence electrons. The lowest BCUT2D eigenvalue weighted by Gasteiger charge is -2.11. The molecule has 0 atom stereocenters. The number of nitrogens with one attached hydrogen (secondary N) is 1. The molecule has 0 saturated carbocycles.